The van der Waals surface area contributed by atoms with Gasteiger partial charge in [0, 0.05) is 7.57 Å². The van der Waals surface area contributed by atoms with Crippen molar-refractivity contribution >= 4 is 6.26 Å². The second kappa shape index (κ2) is 4.27. The number of carbonyl (C=O) groups excluding carboxylic acids is 1. The molecular weight excluding hydrogens is 198 g/mol. The van der Waals surface area contributed by atoms with Crippen molar-refractivity contribution in [2.45, 2.75) is 12.3 Å². The number of aldehydes is 1. The smallest absolute Gasteiger partial charge is 0.136 e. The van der Waals surface area contributed by atoms with Crippen LogP contribution in [0.5, 0.6) is 0 Å². The zero-order chi connectivity index (χ0) is 13.0. The Hall–Kier alpha value is -1.96. The number of pyridine rings is 1. The largest absolute Gasteiger partial charge is 0.302 e. The van der Waals surface area contributed by atoms with Gasteiger partial charge in [0.15, 0.2) is 0 Å². The number of aromatic nitrogens is 1. The molecule has 0 bridgehead atoms. The number of benzene rings is 1. The molecule has 0 aliphatic heterocycles. The Balaban J connectivity index is 2.65. The molecule has 2 heteroatoms. The van der Waals surface area contributed by atoms with E-state index in [9.17, 15) is 4.79 Å². The highest BCUT2D eigenvalue weighted by atomic mass is 16.1. The molecule has 0 radical (unpaired) electrons. The van der Waals surface area contributed by atoms with Crippen LogP contribution in [0.1, 0.15) is 20.9 Å². The first-order chi connectivity index (χ1) is 8.71. The minimum absolute atomic E-state index is 0.226. The van der Waals surface area contributed by atoms with Crippen molar-refractivity contribution < 1.29 is 7.54 Å². The van der Waals surface area contributed by atoms with Crippen molar-refractivity contribution in [1.29, 1.82) is 0 Å². The molecule has 16 heavy (non-hydrogen) atoms. The van der Waals surface area contributed by atoms with Crippen LogP contribution in [-0.2, 0) is 10.2 Å². The van der Waals surface area contributed by atoms with Crippen molar-refractivity contribution in [2.24, 2.45) is 0 Å². The van der Waals surface area contributed by atoms with Crippen molar-refractivity contribution in [1.82, 2.24) is 4.98 Å². The Morgan fingerprint density at radius 3 is 2.56 bits per heavy atom. The molecule has 1 heterocycles. The normalized spacial score (nSPS) is 15.8. The van der Waals surface area contributed by atoms with Crippen LogP contribution in [0.4, 0.5) is 0 Å². The predicted molar refractivity (Wildman–Crippen MR) is 63.2 cm³/mol. The third kappa shape index (κ3) is 1.74. The predicted octanol–water partition coefficient (Wildman–Crippen LogP) is 2.59. The monoisotopic (exact) mass is 213 g/mol. The molecule has 0 saturated carbocycles. The van der Waals surface area contributed by atoms with E-state index in [4.69, 9.17) is 2.74 Å². The van der Waals surface area contributed by atoms with Gasteiger partial charge in [-0.25, -0.2) is 0 Å². The van der Waals surface area contributed by atoms with Crippen LogP contribution in [0.25, 0.3) is 0 Å². The molecule has 1 unspecified atom stereocenters. The quantitative estimate of drug-likeness (QED) is 0.733. The maximum Gasteiger partial charge on any atom is 0.136 e. The molecule has 0 fully saturated rings. The molecule has 0 spiro atoms. The average molecular weight is 213 g/mol. The molecule has 2 aromatic rings. The standard InChI is InChI=1S/C14H13NO/c1-14(11-16,12-7-3-2-4-8-12)13-9-5-6-10-15-13/h2-11H,1H3/i1D,11D. The highest BCUT2D eigenvalue weighted by Crippen LogP contribution is 2.27. The fourth-order valence-electron chi connectivity index (χ4n) is 1.60. The molecule has 1 aromatic heterocycles. The lowest BCUT2D eigenvalue weighted by Crippen LogP contribution is -2.26. The van der Waals surface area contributed by atoms with E-state index >= 15 is 0 Å². The zero-order valence-electron chi connectivity index (χ0n) is 10.8. The Morgan fingerprint density at radius 1 is 1.25 bits per heavy atom. The summed E-state index contributed by atoms with van der Waals surface area (Å²) in [6.45, 7) is -0.226. The summed E-state index contributed by atoms with van der Waals surface area (Å²) in [5.41, 5.74) is -0.201. The average Bonchev–Trinajstić information content (AvgIpc) is 2.42. The second-order valence-corrected chi connectivity index (χ2v) is 3.59. The Bertz CT molecular complexity index is 489. The summed E-state index contributed by atoms with van der Waals surface area (Å²) in [6, 6.07) is 14.2. The van der Waals surface area contributed by atoms with Crippen molar-refractivity contribution in [3.05, 3.63) is 66.0 Å². The van der Waals surface area contributed by atoms with E-state index in [2.05, 4.69) is 4.98 Å². The van der Waals surface area contributed by atoms with Crippen LogP contribution in [0, 0.1) is 0 Å². The summed E-state index contributed by atoms with van der Waals surface area (Å²) in [7, 11) is 0. The van der Waals surface area contributed by atoms with Gasteiger partial charge in [0.05, 0.1) is 11.1 Å². The van der Waals surface area contributed by atoms with Gasteiger partial charge in [-0.15, -0.1) is 0 Å². The van der Waals surface area contributed by atoms with E-state index in [1.807, 2.05) is 6.07 Å². The van der Waals surface area contributed by atoms with Crippen LogP contribution < -0.4 is 0 Å². The minimum atomic E-state index is -1.29. The molecule has 1 atom stereocenters. The maximum absolute atomic E-state index is 11.8. The third-order valence-electron chi connectivity index (χ3n) is 2.54. The van der Waals surface area contributed by atoms with Gasteiger partial charge in [-0.2, -0.15) is 0 Å². The third-order valence-corrected chi connectivity index (χ3v) is 2.54. The fourth-order valence-corrected chi connectivity index (χ4v) is 1.60. The van der Waals surface area contributed by atoms with E-state index in [0.717, 1.165) is 0 Å². The molecule has 0 aliphatic carbocycles. The molecule has 0 aliphatic rings. The Labute approximate surface area is 97.8 Å². The summed E-state index contributed by atoms with van der Waals surface area (Å²) >= 11 is 0. The summed E-state index contributed by atoms with van der Waals surface area (Å²) in [5.74, 6) is 0. The number of hydrogen-bond donors (Lipinski definition) is 0. The fraction of sp³-hybridized carbons (Fsp3) is 0.143. The molecule has 0 amide bonds. The topological polar surface area (TPSA) is 30.0 Å². The van der Waals surface area contributed by atoms with Crippen LogP contribution in [0.2, 0.25) is 0 Å². The highest BCUT2D eigenvalue weighted by Gasteiger charge is 2.29. The first-order valence-electron chi connectivity index (χ1n) is 6.20. The lowest BCUT2D eigenvalue weighted by atomic mass is 9.80. The minimum Gasteiger partial charge on any atom is -0.302 e. The van der Waals surface area contributed by atoms with Gasteiger partial charge in [0.2, 0.25) is 0 Å². The van der Waals surface area contributed by atoms with E-state index < -0.39 is 11.7 Å². The zero-order valence-corrected chi connectivity index (χ0v) is 8.76. The molecule has 0 saturated heterocycles. The second-order valence-electron chi connectivity index (χ2n) is 3.59. The lowest BCUT2D eigenvalue weighted by molar-refractivity contribution is -0.111. The van der Waals surface area contributed by atoms with Crippen molar-refractivity contribution in [3.8, 4) is 0 Å². The number of nitrogens with zero attached hydrogens (tertiary/aromatic N) is 1. The van der Waals surface area contributed by atoms with Gasteiger partial charge < -0.3 is 4.79 Å². The summed E-state index contributed by atoms with van der Waals surface area (Å²) in [6.07, 6.45) is 0.772. The van der Waals surface area contributed by atoms with Gasteiger partial charge in [-0.1, -0.05) is 36.4 Å². The van der Waals surface area contributed by atoms with Crippen LogP contribution in [0.15, 0.2) is 54.7 Å². The van der Waals surface area contributed by atoms with Gasteiger partial charge >= 0.3 is 0 Å². The van der Waals surface area contributed by atoms with E-state index in [0.29, 0.717) is 11.3 Å². The Kier molecular flexibility index (Phi) is 2.19. The SMILES string of the molecule is [2H]CC(C([2H])=O)(c1ccccc1)c1ccccn1. The van der Waals surface area contributed by atoms with Gasteiger partial charge in [-0.3, -0.25) is 4.98 Å². The molecule has 80 valence electrons. The van der Waals surface area contributed by atoms with Crippen molar-refractivity contribution in [2.75, 3.05) is 0 Å². The molecule has 0 N–H and O–H groups in total. The van der Waals surface area contributed by atoms with E-state index in [1.165, 1.54) is 0 Å². The van der Waals surface area contributed by atoms with E-state index in [-0.39, 0.29) is 6.90 Å². The molecular formula is C14H13NO. The van der Waals surface area contributed by atoms with E-state index in [1.54, 1.807) is 48.7 Å². The van der Waals surface area contributed by atoms with Gasteiger partial charge in [0.25, 0.3) is 0 Å². The van der Waals surface area contributed by atoms with Crippen LogP contribution >= 0.6 is 0 Å². The summed E-state index contributed by atoms with van der Waals surface area (Å²) in [5, 5.41) is 0. The number of hydrogen-bond acceptors (Lipinski definition) is 2. The molecule has 2 rings (SSSR count). The van der Waals surface area contributed by atoms with Gasteiger partial charge in [-0.05, 0) is 24.6 Å². The van der Waals surface area contributed by atoms with Crippen LogP contribution in [-0.4, -0.2) is 11.2 Å². The van der Waals surface area contributed by atoms with Crippen molar-refractivity contribution in [3.63, 3.8) is 0 Å². The summed E-state index contributed by atoms with van der Waals surface area (Å²) < 4.78 is 15.3. The Morgan fingerprint density at radius 2 is 2.00 bits per heavy atom. The molecule has 2 nitrogen and oxygen atoms in total. The lowest BCUT2D eigenvalue weighted by Gasteiger charge is -2.22. The van der Waals surface area contributed by atoms with Crippen LogP contribution in [0.3, 0.4) is 0 Å². The van der Waals surface area contributed by atoms with Gasteiger partial charge in [0.1, 0.15) is 7.63 Å². The maximum atomic E-state index is 11.8. The first kappa shape index (κ1) is 8.22. The summed E-state index contributed by atoms with van der Waals surface area (Å²) in [4.78, 5) is 16.0. The highest BCUT2D eigenvalue weighted by molar-refractivity contribution is 5.73. The molecule has 1 aromatic carbocycles. The first-order valence-corrected chi connectivity index (χ1v) is 4.99. The number of rotatable bonds is 3. The number of carbonyl (C=O) groups is 1.